The van der Waals surface area contributed by atoms with Crippen LogP contribution in [0.4, 0.5) is 0 Å². The second kappa shape index (κ2) is 7.01. The molecule has 0 bridgehead atoms. The summed E-state index contributed by atoms with van der Waals surface area (Å²) in [6.45, 7) is 6.70. The summed E-state index contributed by atoms with van der Waals surface area (Å²) in [4.78, 5) is 7.84. The molecule has 0 fully saturated rings. The molecule has 0 aliphatic carbocycles. The van der Waals surface area contributed by atoms with Gasteiger partial charge in [0.1, 0.15) is 0 Å². The van der Waals surface area contributed by atoms with Crippen LogP contribution < -0.4 is 0 Å². The van der Waals surface area contributed by atoms with Crippen molar-refractivity contribution in [1.82, 2.24) is 9.88 Å². The molecule has 0 spiro atoms. The molecule has 0 saturated carbocycles. The average molecular weight is 315 g/mol. The molecule has 2 atom stereocenters. The predicted octanol–water partition coefficient (Wildman–Crippen LogP) is 3.36. The van der Waals surface area contributed by atoms with E-state index in [2.05, 4.69) is 22.9 Å². The van der Waals surface area contributed by atoms with E-state index in [1.165, 1.54) is 4.88 Å². The van der Waals surface area contributed by atoms with Crippen LogP contribution in [0.15, 0.2) is 24.3 Å². The summed E-state index contributed by atoms with van der Waals surface area (Å²) in [6.07, 6.45) is -0.575. The van der Waals surface area contributed by atoms with E-state index in [0.29, 0.717) is 12.1 Å². The first kappa shape index (κ1) is 16.6. The molecule has 4 nitrogen and oxygen atoms in total. The Kier molecular flexibility index (Phi) is 5.30. The van der Waals surface area contributed by atoms with Crippen molar-refractivity contribution in [3.05, 3.63) is 51.0 Å². The van der Waals surface area contributed by atoms with E-state index < -0.39 is 6.10 Å². The molecule has 1 N–H and O–H groups in total. The summed E-state index contributed by atoms with van der Waals surface area (Å²) in [7, 11) is 2.01. The van der Waals surface area contributed by atoms with E-state index in [9.17, 15) is 5.11 Å². The lowest BCUT2D eigenvalue weighted by atomic mass is 10.1. The van der Waals surface area contributed by atoms with Gasteiger partial charge in [-0.3, -0.25) is 4.90 Å². The van der Waals surface area contributed by atoms with Gasteiger partial charge in [-0.2, -0.15) is 5.26 Å². The van der Waals surface area contributed by atoms with Crippen LogP contribution in [-0.4, -0.2) is 28.6 Å². The third kappa shape index (κ3) is 3.72. The van der Waals surface area contributed by atoms with Gasteiger partial charge in [0.05, 0.1) is 28.4 Å². The van der Waals surface area contributed by atoms with Crippen LogP contribution >= 0.6 is 11.3 Å². The predicted molar refractivity (Wildman–Crippen MR) is 88.7 cm³/mol. The molecule has 0 aliphatic heterocycles. The molecule has 1 aromatic carbocycles. The summed E-state index contributed by atoms with van der Waals surface area (Å²) in [5.41, 5.74) is 2.50. The molecule has 2 rings (SSSR count). The second-order valence-electron chi connectivity index (χ2n) is 5.55. The van der Waals surface area contributed by atoms with Crippen molar-refractivity contribution in [2.75, 3.05) is 13.6 Å². The Morgan fingerprint density at radius 3 is 2.45 bits per heavy atom. The Hall–Kier alpha value is -1.74. The third-order valence-electron chi connectivity index (χ3n) is 3.87. The van der Waals surface area contributed by atoms with Gasteiger partial charge in [-0.25, -0.2) is 4.98 Å². The van der Waals surface area contributed by atoms with Crippen molar-refractivity contribution >= 4 is 11.3 Å². The molecule has 116 valence electrons. The molecule has 1 heterocycles. The first-order chi connectivity index (χ1) is 10.4. The summed E-state index contributed by atoms with van der Waals surface area (Å²) in [6, 6.07) is 9.38. The standard InChI is InChI=1S/C17H21N3OS/c1-11-17(22-13(3)19-11)12(2)20(4)10-16(21)15-7-5-14(9-18)6-8-15/h5-8,12,16,21H,10H2,1-4H3. The maximum absolute atomic E-state index is 10.4. The maximum atomic E-state index is 10.4. The fourth-order valence-electron chi connectivity index (χ4n) is 2.45. The molecular formula is C17H21N3OS. The number of thiazole rings is 1. The number of aryl methyl sites for hydroxylation is 2. The number of likely N-dealkylation sites (N-methyl/N-ethyl adjacent to an activating group) is 1. The molecule has 2 aromatic rings. The van der Waals surface area contributed by atoms with Crippen molar-refractivity contribution in [3.63, 3.8) is 0 Å². The smallest absolute Gasteiger partial charge is 0.0991 e. The molecule has 0 radical (unpaired) electrons. The topological polar surface area (TPSA) is 60.1 Å². The molecule has 2 unspecified atom stereocenters. The number of hydrogen-bond acceptors (Lipinski definition) is 5. The average Bonchev–Trinajstić information content (AvgIpc) is 2.85. The fourth-order valence-corrected chi connectivity index (χ4v) is 3.50. The minimum Gasteiger partial charge on any atom is -0.387 e. The van der Waals surface area contributed by atoms with Crippen molar-refractivity contribution in [3.8, 4) is 6.07 Å². The van der Waals surface area contributed by atoms with Crippen LogP contribution in [-0.2, 0) is 0 Å². The molecule has 1 aromatic heterocycles. The van der Waals surface area contributed by atoms with Gasteiger partial charge in [-0.1, -0.05) is 12.1 Å². The van der Waals surface area contributed by atoms with Crippen LogP contribution in [0.25, 0.3) is 0 Å². The summed E-state index contributed by atoms with van der Waals surface area (Å²) in [5, 5.41) is 20.3. The zero-order valence-corrected chi connectivity index (χ0v) is 14.2. The van der Waals surface area contributed by atoms with Gasteiger partial charge in [0, 0.05) is 17.5 Å². The van der Waals surface area contributed by atoms with Crippen LogP contribution in [0.2, 0.25) is 0 Å². The van der Waals surface area contributed by atoms with Crippen LogP contribution in [0.1, 0.15) is 45.8 Å². The monoisotopic (exact) mass is 315 g/mol. The number of nitrogens with zero attached hydrogens (tertiary/aromatic N) is 3. The maximum Gasteiger partial charge on any atom is 0.0991 e. The number of aliphatic hydroxyl groups excluding tert-OH is 1. The molecule has 0 saturated heterocycles. The SMILES string of the molecule is Cc1nc(C)c(C(C)N(C)CC(O)c2ccc(C#N)cc2)s1. The highest BCUT2D eigenvalue weighted by molar-refractivity contribution is 7.11. The highest BCUT2D eigenvalue weighted by Crippen LogP contribution is 2.29. The van der Waals surface area contributed by atoms with Crippen LogP contribution in [0, 0.1) is 25.2 Å². The van der Waals surface area contributed by atoms with Gasteiger partial charge in [0.2, 0.25) is 0 Å². The highest BCUT2D eigenvalue weighted by atomic mass is 32.1. The zero-order chi connectivity index (χ0) is 16.3. The molecule has 5 heteroatoms. The van der Waals surface area contributed by atoms with E-state index in [-0.39, 0.29) is 6.04 Å². The summed E-state index contributed by atoms with van der Waals surface area (Å²) >= 11 is 1.71. The van der Waals surface area contributed by atoms with Crippen molar-refractivity contribution < 1.29 is 5.11 Å². The van der Waals surface area contributed by atoms with E-state index in [0.717, 1.165) is 16.3 Å². The van der Waals surface area contributed by atoms with E-state index in [1.54, 1.807) is 23.5 Å². The third-order valence-corrected chi connectivity index (χ3v) is 5.11. The highest BCUT2D eigenvalue weighted by Gasteiger charge is 2.20. The number of nitriles is 1. The van der Waals surface area contributed by atoms with Gasteiger partial charge < -0.3 is 5.11 Å². The first-order valence-electron chi connectivity index (χ1n) is 7.24. The quantitative estimate of drug-likeness (QED) is 0.919. The molecule has 0 aliphatic rings. The minimum atomic E-state index is -0.575. The second-order valence-corrected chi connectivity index (χ2v) is 6.78. The molecular weight excluding hydrogens is 294 g/mol. The Balaban J connectivity index is 2.05. The normalized spacial score (nSPS) is 13.9. The Bertz CT molecular complexity index is 672. The number of benzene rings is 1. The van der Waals surface area contributed by atoms with Gasteiger partial charge in [-0.05, 0) is 45.5 Å². The van der Waals surface area contributed by atoms with Crippen LogP contribution in [0.3, 0.4) is 0 Å². The molecule has 0 amide bonds. The fraction of sp³-hybridized carbons (Fsp3) is 0.412. The molecule has 22 heavy (non-hydrogen) atoms. The van der Waals surface area contributed by atoms with Crippen molar-refractivity contribution in [2.45, 2.75) is 32.9 Å². The lowest BCUT2D eigenvalue weighted by molar-refractivity contribution is 0.109. The van der Waals surface area contributed by atoms with E-state index >= 15 is 0 Å². The van der Waals surface area contributed by atoms with Gasteiger partial charge in [0.25, 0.3) is 0 Å². The van der Waals surface area contributed by atoms with Crippen molar-refractivity contribution in [1.29, 1.82) is 5.26 Å². The van der Waals surface area contributed by atoms with E-state index in [1.807, 2.05) is 33.0 Å². The number of hydrogen-bond donors (Lipinski definition) is 1. The largest absolute Gasteiger partial charge is 0.387 e. The van der Waals surface area contributed by atoms with Gasteiger partial charge in [-0.15, -0.1) is 11.3 Å². The zero-order valence-electron chi connectivity index (χ0n) is 13.4. The Morgan fingerprint density at radius 2 is 1.95 bits per heavy atom. The number of aliphatic hydroxyl groups is 1. The van der Waals surface area contributed by atoms with Crippen LogP contribution in [0.5, 0.6) is 0 Å². The lowest BCUT2D eigenvalue weighted by Crippen LogP contribution is -2.27. The summed E-state index contributed by atoms with van der Waals surface area (Å²) < 4.78 is 0. The first-order valence-corrected chi connectivity index (χ1v) is 8.06. The Morgan fingerprint density at radius 1 is 1.32 bits per heavy atom. The van der Waals surface area contributed by atoms with Gasteiger partial charge in [0.15, 0.2) is 0 Å². The van der Waals surface area contributed by atoms with Crippen molar-refractivity contribution in [2.24, 2.45) is 0 Å². The minimum absolute atomic E-state index is 0.208. The van der Waals surface area contributed by atoms with Gasteiger partial charge >= 0.3 is 0 Å². The number of aromatic nitrogens is 1. The summed E-state index contributed by atoms with van der Waals surface area (Å²) in [5.74, 6) is 0. The van der Waals surface area contributed by atoms with E-state index in [4.69, 9.17) is 5.26 Å². The number of rotatable bonds is 5. The Labute approximate surface area is 135 Å². The lowest BCUT2D eigenvalue weighted by Gasteiger charge is -2.26.